The van der Waals surface area contributed by atoms with Crippen molar-refractivity contribution in [2.75, 3.05) is 4.90 Å². The molecule has 0 aliphatic carbocycles. The molecule has 2 heterocycles. The van der Waals surface area contributed by atoms with Gasteiger partial charge in [0.25, 0.3) is 0 Å². The third-order valence-electron chi connectivity index (χ3n) is 9.12. The lowest BCUT2D eigenvalue weighted by molar-refractivity contribution is 1.28. The van der Waals surface area contributed by atoms with Crippen molar-refractivity contribution in [2.45, 2.75) is 0 Å². The summed E-state index contributed by atoms with van der Waals surface area (Å²) in [6.07, 6.45) is 0. The number of fused-ring (bicyclic) bond motifs is 2. The molecule has 0 unspecified atom stereocenters. The molecule has 232 valence electrons. The zero-order valence-corrected chi connectivity index (χ0v) is 28.3. The van der Waals surface area contributed by atoms with E-state index in [1.165, 1.54) is 63.3 Å². The number of nitrogens with zero attached hydrogens (tertiary/aromatic N) is 1. The minimum Gasteiger partial charge on any atom is -0.311 e. The lowest BCUT2D eigenvalue weighted by Gasteiger charge is -2.26. The lowest BCUT2D eigenvalue weighted by atomic mass is 10.0. The molecule has 0 spiro atoms. The zero-order chi connectivity index (χ0) is 32.6. The molecule has 0 aliphatic heterocycles. The molecular weight excluding hydrogens is 631 g/mol. The highest BCUT2D eigenvalue weighted by atomic mass is 32.1. The van der Waals surface area contributed by atoms with Gasteiger partial charge in [0, 0.05) is 36.2 Å². The Hall–Kier alpha value is -5.74. The average molecular weight is 662 g/mol. The number of hydrogen-bond donors (Lipinski definition) is 0. The summed E-state index contributed by atoms with van der Waals surface area (Å²) in [6.45, 7) is 0. The van der Waals surface area contributed by atoms with Crippen molar-refractivity contribution in [2.24, 2.45) is 0 Å². The Kier molecular flexibility index (Phi) is 7.62. The van der Waals surface area contributed by atoms with E-state index in [0.717, 1.165) is 17.1 Å². The minimum absolute atomic E-state index is 1.12. The van der Waals surface area contributed by atoms with E-state index in [2.05, 4.69) is 193 Å². The van der Waals surface area contributed by atoms with Gasteiger partial charge >= 0.3 is 0 Å². The van der Waals surface area contributed by atoms with Gasteiger partial charge in [-0.25, -0.2) is 0 Å². The Labute approximate surface area is 294 Å². The third-order valence-corrected chi connectivity index (χ3v) is 11.5. The Morgan fingerprint density at radius 2 is 0.612 bits per heavy atom. The van der Waals surface area contributed by atoms with E-state index < -0.39 is 0 Å². The first-order valence-electron chi connectivity index (χ1n) is 16.5. The smallest absolute Gasteiger partial charge is 0.0462 e. The molecule has 0 radical (unpaired) electrons. The standard InChI is InChI=1S/C46H31NS2/c1-2-8-32(9-3-1)34-18-24-40(25-19-34)47(42-28-22-37(23-29-42)46-31-39-11-5-7-13-44(39)49-46)41-26-20-35(21-27-41)33-14-16-36(17-15-33)45-30-38-10-4-6-12-43(38)48-45/h1-31H. The van der Waals surface area contributed by atoms with Gasteiger partial charge in [-0.2, -0.15) is 0 Å². The van der Waals surface area contributed by atoms with E-state index in [4.69, 9.17) is 0 Å². The van der Waals surface area contributed by atoms with Crippen LogP contribution in [-0.2, 0) is 0 Å². The first-order chi connectivity index (χ1) is 24.2. The number of thiophene rings is 2. The summed E-state index contributed by atoms with van der Waals surface area (Å²) in [7, 11) is 0. The number of benzene rings is 7. The van der Waals surface area contributed by atoms with E-state index in [1.807, 2.05) is 22.7 Å². The van der Waals surface area contributed by atoms with Crippen LogP contribution in [0.4, 0.5) is 17.1 Å². The maximum Gasteiger partial charge on any atom is 0.0462 e. The van der Waals surface area contributed by atoms with Crippen LogP contribution in [-0.4, -0.2) is 0 Å². The fourth-order valence-electron chi connectivity index (χ4n) is 6.53. The second-order valence-corrected chi connectivity index (χ2v) is 14.4. The van der Waals surface area contributed by atoms with Crippen LogP contribution in [0.25, 0.3) is 63.3 Å². The zero-order valence-electron chi connectivity index (χ0n) is 26.7. The molecule has 0 bridgehead atoms. The van der Waals surface area contributed by atoms with Crippen LogP contribution in [0.3, 0.4) is 0 Å². The largest absolute Gasteiger partial charge is 0.311 e. The molecule has 0 saturated carbocycles. The molecule has 7 aromatic carbocycles. The topological polar surface area (TPSA) is 3.24 Å². The Balaban J connectivity index is 1.04. The van der Waals surface area contributed by atoms with Crippen molar-refractivity contribution >= 4 is 59.9 Å². The van der Waals surface area contributed by atoms with Crippen LogP contribution in [0, 0.1) is 0 Å². The first kappa shape index (κ1) is 29.4. The van der Waals surface area contributed by atoms with Crippen molar-refractivity contribution in [1.29, 1.82) is 0 Å². The van der Waals surface area contributed by atoms with E-state index in [-0.39, 0.29) is 0 Å². The molecule has 0 N–H and O–H groups in total. The molecule has 3 heteroatoms. The minimum atomic E-state index is 1.12. The fraction of sp³-hybridized carbons (Fsp3) is 0. The van der Waals surface area contributed by atoms with E-state index in [1.54, 1.807) is 0 Å². The Morgan fingerprint density at radius 1 is 0.286 bits per heavy atom. The highest BCUT2D eigenvalue weighted by Gasteiger charge is 2.15. The van der Waals surface area contributed by atoms with Crippen molar-refractivity contribution in [3.8, 4) is 43.1 Å². The van der Waals surface area contributed by atoms with Crippen LogP contribution in [0.5, 0.6) is 0 Å². The molecule has 0 aliphatic rings. The predicted molar refractivity (Wildman–Crippen MR) is 214 cm³/mol. The number of rotatable bonds is 7. The quantitative estimate of drug-likeness (QED) is 0.164. The molecule has 0 atom stereocenters. The molecule has 1 nitrogen and oxygen atoms in total. The maximum absolute atomic E-state index is 2.35. The van der Waals surface area contributed by atoms with Crippen LogP contribution in [0.15, 0.2) is 188 Å². The van der Waals surface area contributed by atoms with E-state index in [9.17, 15) is 0 Å². The molecule has 9 rings (SSSR count). The van der Waals surface area contributed by atoms with Gasteiger partial charge < -0.3 is 4.90 Å². The lowest BCUT2D eigenvalue weighted by Crippen LogP contribution is -2.09. The average Bonchev–Trinajstić information content (AvgIpc) is 3.82. The monoisotopic (exact) mass is 661 g/mol. The number of anilines is 3. The van der Waals surface area contributed by atoms with E-state index >= 15 is 0 Å². The highest BCUT2D eigenvalue weighted by molar-refractivity contribution is 7.22. The molecule has 0 saturated heterocycles. The third kappa shape index (κ3) is 5.84. The van der Waals surface area contributed by atoms with Crippen LogP contribution in [0.1, 0.15) is 0 Å². The van der Waals surface area contributed by atoms with Gasteiger partial charge in [0.1, 0.15) is 0 Å². The summed E-state index contributed by atoms with van der Waals surface area (Å²) in [5, 5.41) is 2.60. The van der Waals surface area contributed by atoms with Crippen molar-refractivity contribution < 1.29 is 0 Å². The SMILES string of the molecule is c1ccc(-c2ccc(N(c3ccc(-c4ccc(-c5cc6ccccc6s5)cc4)cc3)c3ccc(-c4cc5ccccc5s4)cc3)cc2)cc1. The van der Waals surface area contributed by atoms with Gasteiger partial charge in [0.15, 0.2) is 0 Å². The van der Waals surface area contributed by atoms with Gasteiger partial charge in [-0.3, -0.25) is 0 Å². The summed E-state index contributed by atoms with van der Waals surface area (Å²) in [4.78, 5) is 4.93. The maximum atomic E-state index is 2.35. The van der Waals surface area contributed by atoms with Gasteiger partial charge in [0.2, 0.25) is 0 Å². The van der Waals surface area contributed by atoms with Crippen molar-refractivity contribution in [3.05, 3.63) is 188 Å². The van der Waals surface area contributed by atoms with Crippen LogP contribution >= 0.6 is 22.7 Å². The summed E-state index contributed by atoms with van der Waals surface area (Å²) in [5.74, 6) is 0. The van der Waals surface area contributed by atoms with Gasteiger partial charge in [-0.05, 0) is 105 Å². The number of hydrogen-bond acceptors (Lipinski definition) is 3. The molecule has 49 heavy (non-hydrogen) atoms. The normalized spacial score (nSPS) is 11.3. The molecule has 0 fully saturated rings. The molecule has 9 aromatic rings. The van der Waals surface area contributed by atoms with Gasteiger partial charge in [0.05, 0.1) is 0 Å². The summed E-state index contributed by atoms with van der Waals surface area (Å²) in [6, 6.07) is 68.1. The Morgan fingerprint density at radius 3 is 1.04 bits per heavy atom. The Bertz CT molecular complexity index is 2440. The summed E-state index contributed by atoms with van der Waals surface area (Å²) in [5.41, 5.74) is 10.7. The van der Waals surface area contributed by atoms with Crippen molar-refractivity contribution in [3.63, 3.8) is 0 Å². The van der Waals surface area contributed by atoms with Gasteiger partial charge in [-0.1, -0.05) is 127 Å². The predicted octanol–water partition coefficient (Wildman–Crippen LogP) is 14.3. The second kappa shape index (κ2) is 12.7. The fourth-order valence-corrected chi connectivity index (χ4v) is 8.67. The molecule has 2 aromatic heterocycles. The van der Waals surface area contributed by atoms with Crippen molar-refractivity contribution in [1.82, 2.24) is 0 Å². The van der Waals surface area contributed by atoms with Gasteiger partial charge in [-0.15, -0.1) is 22.7 Å². The molecule has 0 amide bonds. The van der Waals surface area contributed by atoms with Crippen LogP contribution < -0.4 is 4.90 Å². The summed E-state index contributed by atoms with van der Waals surface area (Å²) >= 11 is 3.69. The molecular formula is C46H31NS2. The first-order valence-corrected chi connectivity index (χ1v) is 18.1. The second-order valence-electron chi connectivity index (χ2n) is 12.2. The van der Waals surface area contributed by atoms with E-state index in [0.29, 0.717) is 0 Å². The summed E-state index contributed by atoms with van der Waals surface area (Å²) < 4.78 is 2.64. The van der Waals surface area contributed by atoms with Crippen LogP contribution in [0.2, 0.25) is 0 Å². The highest BCUT2D eigenvalue weighted by Crippen LogP contribution is 2.40.